The molecule has 10 heteroatoms. The zero-order chi connectivity index (χ0) is 22.0. The first kappa shape index (κ1) is 21.9. The summed E-state index contributed by atoms with van der Waals surface area (Å²) in [6.07, 6.45) is 0. The molecule has 0 aliphatic carbocycles. The van der Waals surface area contributed by atoms with Gasteiger partial charge in [-0.2, -0.15) is 10.1 Å². The predicted octanol–water partition coefficient (Wildman–Crippen LogP) is 3.58. The lowest BCUT2D eigenvalue weighted by Gasteiger charge is -2.20. The molecular weight excluding hydrogens is 408 g/mol. The Bertz CT molecular complexity index is 1010. The average molecular weight is 435 g/mol. The number of aromatic hydroxyl groups is 2. The molecule has 2 heterocycles. The van der Waals surface area contributed by atoms with Crippen molar-refractivity contribution in [3.8, 4) is 11.5 Å². The number of H-pyrrole nitrogens is 1. The van der Waals surface area contributed by atoms with Gasteiger partial charge in [0.1, 0.15) is 17.0 Å². The maximum atomic E-state index is 10.1. The van der Waals surface area contributed by atoms with Crippen molar-refractivity contribution in [3.05, 3.63) is 28.4 Å². The quantitative estimate of drug-likeness (QED) is 0.316. The fraction of sp³-hybridized carbons (Fsp3) is 0.450. The van der Waals surface area contributed by atoms with Crippen LogP contribution in [0.3, 0.4) is 0 Å². The molecule has 0 saturated heterocycles. The number of nitrogens with zero attached hydrogens (tertiary/aromatic N) is 3. The van der Waals surface area contributed by atoms with Gasteiger partial charge in [-0.15, -0.1) is 0 Å². The smallest absolute Gasteiger partial charge is 0.225 e. The molecule has 0 radical (unpaired) electrons. The monoisotopic (exact) mass is 434 g/mol. The van der Waals surface area contributed by atoms with Crippen LogP contribution in [0.5, 0.6) is 11.5 Å². The number of aliphatic hydroxyl groups excluding tert-OH is 1. The van der Waals surface area contributed by atoms with E-state index in [9.17, 15) is 15.3 Å². The molecule has 0 amide bonds. The molecule has 9 nitrogen and oxygen atoms in total. The Labute approximate surface area is 179 Å². The fourth-order valence-electron chi connectivity index (χ4n) is 3.06. The standard InChI is InChI=1S/C20H27ClN6O3/c1-9(2)13(8-28)23-20-24-17-16(10(3)4)26-27-18(17)19(25-20)22-7-12-14(29)5-11(21)6-15(12)30/h5-6,9-10,13,28-30H,7-8H2,1-4H3,(H,26,27)(H2,22,23,24,25)/t13-/m0/s1. The van der Waals surface area contributed by atoms with E-state index in [2.05, 4.69) is 30.8 Å². The Kier molecular flexibility index (Phi) is 6.52. The van der Waals surface area contributed by atoms with Crippen LogP contribution >= 0.6 is 11.6 Å². The molecule has 0 bridgehead atoms. The predicted molar refractivity (Wildman–Crippen MR) is 117 cm³/mol. The van der Waals surface area contributed by atoms with Crippen LogP contribution in [0.1, 0.15) is 44.9 Å². The largest absolute Gasteiger partial charge is 0.507 e. The van der Waals surface area contributed by atoms with Crippen molar-refractivity contribution in [2.24, 2.45) is 5.92 Å². The molecule has 0 fully saturated rings. The molecule has 0 aliphatic rings. The third-order valence-corrected chi connectivity index (χ3v) is 5.14. The van der Waals surface area contributed by atoms with Gasteiger partial charge in [-0.3, -0.25) is 5.10 Å². The molecular formula is C20H27ClN6O3. The van der Waals surface area contributed by atoms with E-state index in [1.807, 2.05) is 27.7 Å². The lowest BCUT2D eigenvalue weighted by molar-refractivity contribution is 0.248. The lowest BCUT2D eigenvalue weighted by Crippen LogP contribution is -2.30. The van der Waals surface area contributed by atoms with E-state index in [0.717, 1.165) is 5.69 Å². The Morgan fingerprint density at radius 1 is 1.07 bits per heavy atom. The van der Waals surface area contributed by atoms with Crippen LogP contribution in [-0.4, -0.2) is 48.1 Å². The van der Waals surface area contributed by atoms with Crippen molar-refractivity contribution in [1.82, 2.24) is 20.2 Å². The minimum atomic E-state index is -0.214. The molecule has 0 aliphatic heterocycles. The van der Waals surface area contributed by atoms with Crippen LogP contribution in [0, 0.1) is 5.92 Å². The Hall–Kier alpha value is -2.78. The first-order valence-electron chi connectivity index (χ1n) is 9.78. The van der Waals surface area contributed by atoms with Crippen molar-refractivity contribution in [2.75, 3.05) is 17.2 Å². The number of phenols is 2. The van der Waals surface area contributed by atoms with Crippen molar-refractivity contribution in [2.45, 2.75) is 46.2 Å². The van der Waals surface area contributed by atoms with E-state index >= 15 is 0 Å². The van der Waals surface area contributed by atoms with Crippen LogP contribution in [0.15, 0.2) is 12.1 Å². The van der Waals surface area contributed by atoms with Gasteiger partial charge in [0.15, 0.2) is 11.3 Å². The van der Waals surface area contributed by atoms with Crippen LogP contribution in [-0.2, 0) is 6.54 Å². The maximum Gasteiger partial charge on any atom is 0.225 e. The average Bonchev–Trinajstić information content (AvgIpc) is 3.09. The molecule has 3 aromatic rings. The summed E-state index contributed by atoms with van der Waals surface area (Å²) < 4.78 is 0. The van der Waals surface area contributed by atoms with Gasteiger partial charge in [0.25, 0.3) is 0 Å². The second kappa shape index (κ2) is 8.93. The molecule has 162 valence electrons. The Morgan fingerprint density at radius 2 is 1.73 bits per heavy atom. The highest BCUT2D eigenvalue weighted by atomic mass is 35.5. The summed E-state index contributed by atoms with van der Waals surface area (Å²) in [5, 5.41) is 43.8. The van der Waals surface area contributed by atoms with Gasteiger partial charge in [-0.25, -0.2) is 4.98 Å². The summed E-state index contributed by atoms with van der Waals surface area (Å²) in [4.78, 5) is 9.13. The number of halogens is 1. The van der Waals surface area contributed by atoms with Gasteiger partial charge < -0.3 is 26.0 Å². The van der Waals surface area contributed by atoms with Gasteiger partial charge in [0.05, 0.1) is 23.9 Å². The number of phenolic OH excluding ortho intramolecular Hbond substituents is 2. The fourth-order valence-corrected chi connectivity index (χ4v) is 3.27. The van der Waals surface area contributed by atoms with Crippen molar-refractivity contribution < 1.29 is 15.3 Å². The highest BCUT2D eigenvalue weighted by Crippen LogP contribution is 2.33. The van der Waals surface area contributed by atoms with E-state index in [1.165, 1.54) is 12.1 Å². The summed E-state index contributed by atoms with van der Waals surface area (Å²) in [5.41, 5.74) is 2.36. The third kappa shape index (κ3) is 4.52. The van der Waals surface area contributed by atoms with Crippen LogP contribution in [0.2, 0.25) is 5.02 Å². The van der Waals surface area contributed by atoms with E-state index in [4.69, 9.17) is 11.6 Å². The van der Waals surface area contributed by atoms with Crippen molar-refractivity contribution in [3.63, 3.8) is 0 Å². The summed E-state index contributed by atoms with van der Waals surface area (Å²) in [7, 11) is 0. The van der Waals surface area contributed by atoms with Crippen LogP contribution in [0.4, 0.5) is 11.8 Å². The number of rotatable bonds is 8. The zero-order valence-electron chi connectivity index (χ0n) is 17.4. The second-order valence-electron chi connectivity index (χ2n) is 7.84. The van der Waals surface area contributed by atoms with E-state index in [-0.39, 0.29) is 53.1 Å². The minimum Gasteiger partial charge on any atom is -0.507 e. The number of fused-ring (bicyclic) bond motifs is 1. The normalized spacial score (nSPS) is 12.7. The molecule has 6 N–H and O–H groups in total. The summed E-state index contributed by atoms with van der Waals surface area (Å²) in [6, 6.07) is 2.51. The number of hydrogen-bond acceptors (Lipinski definition) is 8. The van der Waals surface area contributed by atoms with E-state index in [1.54, 1.807) is 0 Å². The summed E-state index contributed by atoms with van der Waals surface area (Å²) in [5.74, 6) is 0.865. The number of hydrogen-bond donors (Lipinski definition) is 6. The number of anilines is 2. The molecule has 0 spiro atoms. The lowest BCUT2D eigenvalue weighted by atomic mass is 10.1. The highest BCUT2D eigenvalue weighted by Gasteiger charge is 2.20. The number of aliphatic hydroxyl groups is 1. The highest BCUT2D eigenvalue weighted by molar-refractivity contribution is 6.30. The van der Waals surface area contributed by atoms with Crippen LogP contribution in [0.25, 0.3) is 11.0 Å². The zero-order valence-corrected chi connectivity index (χ0v) is 18.1. The Morgan fingerprint density at radius 3 is 2.30 bits per heavy atom. The maximum absolute atomic E-state index is 10.1. The second-order valence-corrected chi connectivity index (χ2v) is 8.28. The van der Waals surface area contributed by atoms with Crippen LogP contribution < -0.4 is 10.6 Å². The van der Waals surface area contributed by atoms with Gasteiger partial charge in [0.2, 0.25) is 5.95 Å². The van der Waals surface area contributed by atoms with Gasteiger partial charge in [-0.1, -0.05) is 39.3 Å². The molecule has 0 saturated carbocycles. The molecule has 2 aromatic heterocycles. The Balaban J connectivity index is 2.00. The van der Waals surface area contributed by atoms with E-state index < -0.39 is 0 Å². The number of aromatic amines is 1. The minimum absolute atomic E-state index is 0.0588. The van der Waals surface area contributed by atoms with Gasteiger partial charge >= 0.3 is 0 Å². The van der Waals surface area contributed by atoms with Gasteiger partial charge in [-0.05, 0) is 24.0 Å². The summed E-state index contributed by atoms with van der Waals surface area (Å²) >= 11 is 5.85. The van der Waals surface area contributed by atoms with Gasteiger partial charge in [0, 0.05) is 11.6 Å². The van der Waals surface area contributed by atoms with Crippen molar-refractivity contribution >= 4 is 34.4 Å². The molecule has 3 rings (SSSR count). The number of benzene rings is 1. The number of nitrogens with one attached hydrogen (secondary N) is 3. The SMILES string of the molecule is CC(C)c1[nH]nc2c(NCc3c(O)cc(Cl)cc3O)nc(N[C@@H](CO)C(C)C)nc12. The van der Waals surface area contributed by atoms with Crippen molar-refractivity contribution in [1.29, 1.82) is 0 Å². The molecule has 1 aromatic carbocycles. The molecule has 30 heavy (non-hydrogen) atoms. The topological polar surface area (TPSA) is 139 Å². The first-order chi connectivity index (χ1) is 14.2. The van der Waals surface area contributed by atoms with E-state index in [0.29, 0.717) is 22.8 Å². The summed E-state index contributed by atoms with van der Waals surface area (Å²) in [6.45, 7) is 8.09. The first-order valence-corrected chi connectivity index (χ1v) is 10.2. The number of aromatic nitrogens is 4. The molecule has 1 atom stereocenters. The molecule has 0 unspecified atom stereocenters. The third-order valence-electron chi connectivity index (χ3n) is 4.92.